The van der Waals surface area contributed by atoms with Crippen molar-refractivity contribution < 1.29 is 4.74 Å². The van der Waals surface area contributed by atoms with Gasteiger partial charge in [0.25, 0.3) is 0 Å². The topological polar surface area (TPSA) is 78.9 Å². The highest BCUT2D eigenvalue weighted by molar-refractivity contribution is 5.85. The van der Waals surface area contributed by atoms with Gasteiger partial charge in [0.2, 0.25) is 0 Å². The number of imidazole rings is 1. The van der Waals surface area contributed by atoms with Gasteiger partial charge in [-0.25, -0.2) is 15.0 Å². The van der Waals surface area contributed by atoms with Crippen LogP contribution in [0, 0.1) is 0 Å². The Morgan fingerprint density at radius 1 is 1.18 bits per heavy atom. The van der Waals surface area contributed by atoms with Crippen LogP contribution in [0.15, 0.2) is 30.6 Å². The van der Waals surface area contributed by atoms with E-state index in [1.807, 2.05) is 24.3 Å². The molecule has 2 aromatic heterocycles. The summed E-state index contributed by atoms with van der Waals surface area (Å²) in [5.74, 6) is 2.09. The maximum Gasteiger partial charge on any atom is 0.165 e. The molecule has 1 aromatic carbocycles. The van der Waals surface area contributed by atoms with Crippen molar-refractivity contribution in [2.24, 2.45) is 0 Å². The van der Waals surface area contributed by atoms with Crippen LogP contribution in [-0.4, -0.2) is 26.6 Å². The van der Waals surface area contributed by atoms with Gasteiger partial charge in [0.05, 0.1) is 7.11 Å². The Kier molecular flexibility index (Phi) is 3.91. The lowest BCUT2D eigenvalue weighted by Crippen LogP contribution is -2.02. The Morgan fingerprint density at radius 3 is 2.64 bits per heavy atom. The lowest BCUT2D eigenvalue weighted by atomic mass is 10.2. The van der Waals surface area contributed by atoms with E-state index in [-0.39, 0.29) is 0 Å². The summed E-state index contributed by atoms with van der Waals surface area (Å²) in [7, 11) is 1.65. The molecule has 0 fully saturated rings. The maximum absolute atomic E-state index is 5.94. The Morgan fingerprint density at radius 2 is 1.95 bits per heavy atom. The predicted octanol–water partition coefficient (Wildman–Crippen LogP) is 2.88. The summed E-state index contributed by atoms with van der Waals surface area (Å²) < 4.78 is 7.32. The van der Waals surface area contributed by atoms with Crippen LogP contribution in [0.25, 0.3) is 22.6 Å². The summed E-state index contributed by atoms with van der Waals surface area (Å²) in [5, 5.41) is 0. The van der Waals surface area contributed by atoms with Gasteiger partial charge in [-0.05, 0) is 30.7 Å². The van der Waals surface area contributed by atoms with E-state index >= 15 is 0 Å². The van der Waals surface area contributed by atoms with Crippen molar-refractivity contribution >= 4 is 17.0 Å². The number of aryl methyl sites for hydroxylation is 1. The van der Waals surface area contributed by atoms with Crippen molar-refractivity contribution in [1.82, 2.24) is 19.5 Å². The summed E-state index contributed by atoms with van der Waals surface area (Å²) in [4.78, 5) is 13.1. The number of rotatable bonds is 5. The number of hydrogen-bond donors (Lipinski definition) is 1. The van der Waals surface area contributed by atoms with Gasteiger partial charge in [0.15, 0.2) is 17.0 Å². The average Bonchev–Trinajstić information content (AvgIpc) is 2.93. The Bertz CT molecular complexity index is 779. The highest BCUT2D eigenvalue weighted by Gasteiger charge is 2.15. The number of nitrogen functional groups attached to an aromatic ring is 1. The standard InChI is InChI=1S/C16H19N5O/c1-3-4-9-21-15(11-5-7-12(22-2)8-6-11)20-13-14(17)18-10-19-16(13)21/h5-8,10H,3-4,9H2,1-2H3,(H2,17,18,19). The summed E-state index contributed by atoms with van der Waals surface area (Å²) in [5.41, 5.74) is 8.39. The fraction of sp³-hybridized carbons (Fsp3) is 0.312. The van der Waals surface area contributed by atoms with E-state index in [0.29, 0.717) is 11.3 Å². The molecule has 114 valence electrons. The van der Waals surface area contributed by atoms with E-state index in [1.165, 1.54) is 6.33 Å². The first-order chi connectivity index (χ1) is 10.7. The number of nitrogens with zero attached hydrogens (tertiary/aromatic N) is 4. The molecule has 0 amide bonds. The van der Waals surface area contributed by atoms with Crippen molar-refractivity contribution in [3.05, 3.63) is 30.6 Å². The van der Waals surface area contributed by atoms with E-state index in [0.717, 1.165) is 42.2 Å². The number of anilines is 1. The molecule has 2 N–H and O–H groups in total. The van der Waals surface area contributed by atoms with E-state index in [1.54, 1.807) is 7.11 Å². The van der Waals surface area contributed by atoms with Gasteiger partial charge in [-0.2, -0.15) is 0 Å². The molecule has 22 heavy (non-hydrogen) atoms. The van der Waals surface area contributed by atoms with E-state index in [4.69, 9.17) is 10.5 Å². The first-order valence-electron chi connectivity index (χ1n) is 7.35. The van der Waals surface area contributed by atoms with Gasteiger partial charge in [-0.3, -0.25) is 0 Å². The molecule has 0 aliphatic heterocycles. The molecular weight excluding hydrogens is 278 g/mol. The number of fused-ring (bicyclic) bond motifs is 1. The second-order valence-electron chi connectivity index (χ2n) is 5.10. The Labute approximate surface area is 129 Å². The smallest absolute Gasteiger partial charge is 0.165 e. The summed E-state index contributed by atoms with van der Waals surface area (Å²) in [6.07, 6.45) is 3.64. The molecule has 0 spiro atoms. The number of aromatic nitrogens is 4. The molecule has 0 radical (unpaired) electrons. The van der Waals surface area contributed by atoms with Crippen molar-refractivity contribution in [2.75, 3.05) is 12.8 Å². The molecule has 0 saturated carbocycles. The molecule has 6 heteroatoms. The lowest BCUT2D eigenvalue weighted by Gasteiger charge is -2.08. The van der Waals surface area contributed by atoms with Gasteiger partial charge in [0.1, 0.15) is 17.9 Å². The highest BCUT2D eigenvalue weighted by Crippen LogP contribution is 2.27. The molecule has 0 unspecified atom stereocenters. The minimum atomic E-state index is 0.412. The van der Waals surface area contributed by atoms with Crippen LogP contribution in [0.5, 0.6) is 5.75 Å². The molecule has 0 atom stereocenters. The van der Waals surface area contributed by atoms with Gasteiger partial charge >= 0.3 is 0 Å². The molecule has 0 bridgehead atoms. The molecule has 3 aromatic rings. The van der Waals surface area contributed by atoms with Gasteiger partial charge in [-0.1, -0.05) is 13.3 Å². The number of methoxy groups -OCH3 is 1. The Hall–Kier alpha value is -2.63. The first kappa shape index (κ1) is 14.3. The zero-order valence-corrected chi connectivity index (χ0v) is 12.8. The minimum absolute atomic E-state index is 0.412. The normalized spacial score (nSPS) is 11.0. The van der Waals surface area contributed by atoms with Gasteiger partial charge in [0, 0.05) is 12.1 Å². The minimum Gasteiger partial charge on any atom is -0.497 e. The zero-order valence-electron chi connectivity index (χ0n) is 12.8. The molecule has 0 aliphatic rings. The Balaban J connectivity index is 2.15. The molecule has 0 saturated heterocycles. The lowest BCUT2D eigenvalue weighted by molar-refractivity contribution is 0.415. The molecule has 6 nitrogen and oxygen atoms in total. The zero-order chi connectivity index (χ0) is 15.5. The molecule has 0 aliphatic carbocycles. The van der Waals surface area contributed by atoms with Crippen LogP contribution < -0.4 is 10.5 Å². The maximum atomic E-state index is 5.94. The van der Waals surface area contributed by atoms with Crippen molar-refractivity contribution in [3.63, 3.8) is 0 Å². The largest absolute Gasteiger partial charge is 0.497 e. The number of nitrogens with two attached hydrogens (primary N) is 1. The molecule has 3 rings (SSSR count). The summed E-state index contributed by atoms with van der Waals surface area (Å²) in [6.45, 7) is 3.01. The van der Waals surface area contributed by atoms with E-state index < -0.39 is 0 Å². The van der Waals surface area contributed by atoms with Crippen LogP contribution >= 0.6 is 0 Å². The fourth-order valence-electron chi connectivity index (χ4n) is 2.44. The third-order valence-electron chi connectivity index (χ3n) is 3.64. The average molecular weight is 297 g/mol. The van der Waals surface area contributed by atoms with Crippen molar-refractivity contribution in [1.29, 1.82) is 0 Å². The monoisotopic (exact) mass is 297 g/mol. The summed E-state index contributed by atoms with van der Waals surface area (Å²) >= 11 is 0. The fourth-order valence-corrected chi connectivity index (χ4v) is 2.44. The van der Waals surface area contributed by atoms with Crippen LogP contribution in [0.1, 0.15) is 19.8 Å². The SMILES string of the molecule is CCCCn1c(-c2ccc(OC)cc2)nc2c(N)ncnc21. The first-order valence-corrected chi connectivity index (χ1v) is 7.35. The van der Waals surface area contributed by atoms with Crippen molar-refractivity contribution in [2.45, 2.75) is 26.3 Å². The van der Waals surface area contributed by atoms with Gasteiger partial charge < -0.3 is 15.0 Å². The van der Waals surface area contributed by atoms with Crippen LogP contribution in [0.2, 0.25) is 0 Å². The number of unbranched alkanes of at least 4 members (excludes halogenated alkanes) is 1. The van der Waals surface area contributed by atoms with E-state index in [9.17, 15) is 0 Å². The number of benzene rings is 1. The van der Waals surface area contributed by atoms with Crippen LogP contribution in [-0.2, 0) is 6.54 Å². The van der Waals surface area contributed by atoms with Crippen LogP contribution in [0.4, 0.5) is 5.82 Å². The van der Waals surface area contributed by atoms with E-state index in [2.05, 4.69) is 26.4 Å². The van der Waals surface area contributed by atoms with Gasteiger partial charge in [-0.15, -0.1) is 0 Å². The highest BCUT2D eigenvalue weighted by atomic mass is 16.5. The van der Waals surface area contributed by atoms with Crippen molar-refractivity contribution in [3.8, 4) is 17.1 Å². The second kappa shape index (κ2) is 6.01. The molecule has 2 heterocycles. The third kappa shape index (κ3) is 2.47. The quantitative estimate of drug-likeness (QED) is 0.783. The number of ether oxygens (including phenoxy) is 1. The third-order valence-corrected chi connectivity index (χ3v) is 3.64. The van der Waals surface area contributed by atoms with Crippen LogP contribution in [0.3, 0.4) is 0 Å². The number of hydrogen-bond acceptors (Lipinski definition) is 5. The predicted molar refractivity (Wildman–Crippen MR) is 86.6 cm³/mol. The molecular formula is C16H19N5O. The second-order valence-corrected chi connectivity index (χ2v) is 5.10. The summed E-state index contributed by atoms with van der Waals surface area (Å²) in [6, 6.07) is 7.83.